The summed E-state index contributed by atoms with van der Waals surface area (Å²) in [5.41, 5.74) is 4.44. The van der Waals surface area contributed by atoms with Crippen LogP contribution in [0.5, 0.6) is 5.75 Å². The van der Waals surface area contributed by atoms with E-state index in [9.17, 15) is 9.59 Å². The molecule has 35 heavy (non-hydrogen) atoms. The highest BCUT2D eigenvalue weighted by molar-refractivity contribution is 6.04. The van der Waals surface area contributed by atoms with E-state index in [1.165, 1.54) is 0 Å². The van der Waals surface area contributed by atoms with Crippen LogP contribution in [0.4, 0.5) is 0 Å². The van der Waals surface area contributed by atoms with Crippen molar-refractivity contribution in [1.29, 1.82) is 0 Å². The Morgan fingerprint density at radius 3 is 2.57 bits per heavy atom. The summed E-state index contributed by atoms with van der Waals surface area (Å²) in [6.07, 6.45) is 1.16. The van der Waals surface area contributed by atoms with Gasteiger partial charge in [0.25, 0.3) is 0 Å². The maximum absolute atomic E-state index is 13.4. The first kappa shape index (κ1) is 24.7. The fourth-order valence-corrected chi connectivity index (χ4v) is 4.86. The maximum atomic E-state index is 13.4. The highest BCUT2D eigenvalue weighted by Gasteiger charge is 2.43. The molecule has 1 N–H and O–H groups in total. The van der Waals surface area contributed by atoms with Gasteiger partial charge in [0.05, 0.1) is 12.2 Å². The van der Waals surface area contributed by atoms with Crippen LogP contribution in [0.2, 0.25) is 0 Å². The lowest BCUT2D eigenvalue weighted by atomic mass is 9.68. The van der Waals surface area contributed by atoms with Gasteiger partial charge in [-0.05, 0) is 42.0 Å². The van der Waals surface area contributed by atoms with Crippen molar-refractivity contribution in [3.8, 4) is 5.75 Å². The van der Waals surface area contributed by atoms with E-state index in [1.54, 1.807) is 7.11 Å². The van der Waals surface area contributed by atoms with Crippen LogP contribution in [0.3, 0.4) is 0 Å². The van der Waals surface area contributed by atoms with Crippen molar-refractivity contribution < 1.29 is 23.8 Å². The molecule has 0 aromatic heterocycles. The molecular formula is C29H33NO5. The predicted molar refractivity (Wildman–Crippen MR) is 134 cm³/mol. The number of nitrogens with one attached hydrogen (secondary N) is 1. The second-order valence-corrected chi connectivity index (χ2v) is 9.91. The molecule has 0 amide bonds. The zero-order valence-corrected chi connectivity index (χ0v) is 20.9. The molecule has 1 atom stereocenters. The van der Waals surface area contributed by atoms with E-state index < -0.39 is 11.9 Å². The van der Waals surface area contributed by atoms with Crippen molar-refractivity contribution in [2.45, 2.75) is 46.1 Å². The van der Waals surface area contributed by atoms with Crippen LogP contribution in [0, 0.1) is 5.41 Å². The number of allylic oxidation sites excluding steroid dienone is 3. The summed E-state index contributed by atoms with van der Waals surface area (Å²) in [7, 11) is 1.56. The molecule has 0 fully saturated rings. The summed E-state index contributed by atoms with van der Waals surface area (Å²) in [6, 6.07) is 17.6. The highest BCUT2D eigenvalue weighted by Crippen LogP contribution is 2.47. The van der Waals surface area contributed by atoms with Crippen LogP contribution in [-0.2, 0) is 25.7 Å². The van der Waals surface area contributed by atoms with E-state index in [2.05, 4.69) is 19.2 Å². The van der Waals surface area contributed by atoms with Gasteiger partial charge in [-0.15, -0.1) is 0 Å². The average Bonchev–Trinajstić information content (AvgIpc) is 2.82. The number of carbonyl (C=O) groups is 2. The lowest BCUT2D eigenvalue weighted by Gasteiger charge is -2.39. The Hall–Kier alpha value is -3.38. The van der Waals surface area contributed by atoms with Crippen molar-refractivity contribution in [2.75, 3.05) is 20.3 Å². The molecule has 6 nitrogen and oxygen atoms in total. The van der Waals surface area contributed by atoms with Gasteiger partial charge in [0.1, 0.15) is 19.0 Å². The Morgan fingerprint density at radius 2 is 1.83 bits per heavy atom. The van der Waals surface area contributed by atoms with Crippen LogP contribution in [0.15, 0.2) is 77.1 Å². The van der Waals surface area contributed by atoms with Crippen molar-refractivity contribution in [3.63, 3.8) is 0 Å². The van der Waals surface area contributed by atoms with E-state index in [0.29, 0.717) is 42.2 Å². The first-order valence-electron chi connectivity index (χ1n) is 12.0. The monoisotopic (exact) mass is 475 g/mol. The Kier molecular flexibility index (Phi) is 7.41. The topological polar surface area (TPSA) is 73.9 Å². The lowest BCUT2D eigenvalue weighted by molar-refractivity contribution is -0.140. The minimum Gasteiger partial charge on any atom is -0.489 e. The molecule has 2 aromatic rings. The van der Waals surface area contributed by atoms with Gasteiger partial charge >= 0.3 is 5.97 Å². The van der Waals surface area contributed by atoms with Crippen LogP contribution >= 0.6 is 0 Å². The Bertz CT molecular complexity index is 1160. The molecule has 0 spiro atoms. The van der Waals surface area contributed by atoms with E-state index in [4.69, 9.17) is 14.2 Å². The Balaban J connectivity index is 1.71. The van der Waals surface area contributed by atoms with Crippen LogP contribution in [0.1, 0.15) is 50.7 Å². The van der Waals surface area contributed by atoms with Gasteiger partial charge < -0.3 is 19.5 Å². The molecule has 0 bridgehead atoms. The minimum atomic E-state index is -0.523. The van der Waals surface area contributed by atoms with Crippen molar-refractivity contribution >= 4 is 11.8 Å². The summed E-state index contributed by atoms with van der Waals surface area (Å²) >= 11 is 0. The molecule has 0 radical (unpaired) electrons. The summed E-state index contributed by atoms with van der Waals surface area (Å²) in [6.45, 7) is 6.93. The zero-order valence-electron chi connectivity index (χ0n) is 20.9. The van der Waals surface area contributed by atoms with Crippen molar-refractivity contribution in [2.24, 2.45) is 5.41 Å². The second-order valence-electron chi connectivity index (χ2n) is 9.91. The third-order valence-corrected chi connectivity index (χ3v) is 6.42. The van der Waals surface area contributed by atoms with E-state index in [0.717, 1.165) is 23.2 Å². The summed E-state index contributed by atoms with van der Waals surface area (Å²) < 4.78 is 16.6. The number of ketones is 1. The summed E-state index contributed by atoms with van der Waals surface area (Å²) in [5.74, 6) is -0.235. The molecule has 184 valence electrons. The molecular weight excluding hydrogens is 442 g/mol. The van der Waals surface area contributed by atoms with Crippen LogP contribution in [0.25, 0.3) is 0 Å². The molecule has 1 aliphatic heterocycles. The molecule has 0 saturated carbocycles. The molecule has 2 aliphatic rings. The highest BCUT2D eigenvalue weighted by atomic mass is 16.6. The van der Waals surface area contributed by atoms with Crippen molar-refractivity contribution in [1.82, 2.24) is 5.32 Å². The van der Waals surface area contributed by atoms with Crippen molar-refractivity contribution in [3.05, 3.63) is 88.3 Å². The number of benzene rings is 2. The van der Waals surface area contributed by atoms with E-state index in [-0.39, 0.29) is 17.8 Å². The molecule has 6 heteroatoms. The Labute approximate surface area is 207 Å². The van der Waals surface area contributed by atoms with Crippen LogP contribution < -0.4 is 10.1 Å². The zero-order chi connectivity index (χ0) is 25.0. The summed E-state index contributed by atoms with van der Waals surface area (Å²) in [5, 5.41) is 3.36. The van der Waals surface area contributed by atoms with Gasteiger partial charge in [-0.1, -0.05) is 56.3 Å². The summed E-state index contributed by atoms with van der Waals surface area (Å²) in [4.78, 5) is 26.7. The van der Waals surface area contributed by atoms with Gasteiger partial charge in [-0.3, -0.25) is 4.79 Å². The fourth-order valence-electron chi connectivity index (χ4n) is 4.86. The average molecular weight is 476 g/mol. The smallest absolute Gasteiger partial charge is 0.336 e. The van der Waals surface area contributed by atoms with Crippen LogP contribution in [-0.4, -0.2) is 32.1 Å². The first-order valence-corrected chi connectivity index (χ1v) is 12.0. The van der Waals surface area contributed by atoms with Gasteiger partial charge in [0, 0.05) is 36.4 Å². The second kappa shape index (κ2) is 10.5. The number of esters is 1. The molecule has 4 rings (SSSR count). The lowest BCUT2D eigenvalue weighted by Crippen LogP contribution is -2.38. The quantitative estimate of drug-likeness (QED) is 0.425. The number of methoxy groups -OCH3 is 1. The molecule has 1 aliphatic carbocycles. The Morgan fingerprint density at radius 1 is 1.06 bits per heavy atom. The minimum absolute atomic E-state index is 0.0547. The largest absolute Gasteiger partial charge is 0.489 e. The predicted octanol–water partition coefficient (Wildman–Crippen LogP) is 5.06. The number of carbonyl (C=O) groups excluding carboxylic acids is 2. The number of ether oxygens (including phenoxy) is 3. The number of hydrogen-bond donors (Lipinski definition) is 1. The van der Waals surface area contributed by atoms with E-state index in [1.807, 2.05) is 61.5 Å². The number of dihydropyridines is 1. The van der Waals surface area contributed by atoms with Gasteiger partial charge in [-0.25, -0.2) is 4.79 Å². The molecule has 0 saturated heterocycles. The van der Waals surface area contributed by atoms with Gasteiger partial charge in [-0.2, -0.15) is 0 Å². The van der Waals surface area contributed by atoms with Gasteiger partial charge in [0.15, 0.2) is 5.78 Å². The third-order valence-electron chi connectivity index (χ3n) is 6.42. The standard InChI is InChI=1S/C29H33NO5/c1-19-25(28(32)34-14-13-33-4)26(27-23(30-19)16-29(2,3)17-24(27)31)21-11-8-12-22(15-21)35-18-20-9-6-5-7-10-20/h5-12,15,26,30H,13-14,16-18H2,1-4H3. The third kappa shape index (κ3) is 5.65. The SMILES string of the molecule is COCCOC(=O)C1=C(C)NC2=C(C(=O)CC(C)(C)C2)C1c1cccc(OCc2ccccc2)c1. The molecule has 2 aromatic carbocycles. The number of Topliss-reactive ketones (excluding diaryl/α,β-unsaturated/α-hetero) is 1. The maximum Gasteiger partial charge on any atom is 0.336 e. The fraction of sp³-hybridized carbons (Fsp3) is 0.379. The first-order chi connectivity index (χ1) is 16.8. The number of hydrogen-bond acceptors (Lipinski definition) is 6. The van der Waals surface area contributed by atoms with E-state index >= 15 is 0 Å². The molecule has 1 heterocycles. The normalized spacial score (nSPS) is 19.2. The van der Waals surface area contributed by atoms with Gasteiger partial charge in [0.2, 0.25) is 0 Å². The molecule has 1 unspecified atom stereocenters. The number of rotatable bonds is 8.